The van der Waals surface area contributed by atoms with Crippen LogP contribution in [0.4, 0.5) is 0 Å². The molecule has 0 aliphatic rings. The van der Waals surface area contributed by atoms with Gasteiger partial charge in [-0.2, -0.15) is 0 Å². The van der Waals surface area contributed by atoms with Crippen LogP contribution >= 0.6 is 0 Å². The summed E-state index contributed by atoms with van der Waals surface area (Å²) < 4.78 is 5.24. The van der Waals surface area contributed by atoms with E-state index in [-0.39, 0.29) is 0 Å². The first-order chi connectivity index (χ1) is 4.12. The molecule has 0 unspecified atom stereocenters. The SMILES string of the molecule is C=CC=C[Si](C)(C)OC. The molecule has 0 atom stereocenters. The van der Waals surface area contributed by atoms with Gasteiger partial charge >= 0.3 is 0 Å². The van der Waals surface area contributed by atoms with E-state index in [2.05, 4.69) is 25.4 Å². The molecule has 0 amide bonds. The Morgan fingerprint density at radius 3 is 2.33 bits per heavy atom. The zero-order chi connectivity index (χ0) is 7.33. The van der Waals surface area contributed by atoms with Gasteiger partial charge in [-0.15, -0.1) is 0 Å². The van der Waals surface area contributed by atoms with Crippen LogP contribution in [0.15, 0.2) is 24.4 Å². The Labute approximate surface area is 58.2 Å². The fourth-order valence-corrected chi connectivity index (χ4v) is 1.10. The predicted octanol–water partition coefficient (Wildman–Crippen LogP) is 2.12. The lowest BCUT2D eigenvalue weighted by molar-refractivity contribution is 0.415. The van der Waals surface area contributed by atoms with Gasteiger partial charge in [0.2, 0.25) is 8.32 Å². The topological polar surface area (TPSA) is 9.23 Å². The summed E-state index contributed by atoms with van der Waals surface area (Å²) >= 11 is 0. The molecule has 0 aromatic carbocycles. The van der Waals surface area contributed by atoms with E-state index >= 15 is 0 Å². The van der Waals surface area contributed by atoms with Crippen molar-refractivity contribution < 1.29 is 4.43 Å². The highest BCUT2D eigenvalue weighted by Gasteiger charge is 2.14. The number of hydrogen-bond acceptors (Lipinski definition) is 1. The molecule has 0 fully saturated rings. The molecule has 9 heavy (non-hydrogen) atoms. The standard InChI is InChI=1S/C7H14OSi/c1-5-6-7-9(3,4)8-2/h5-7H,1H2,2-4H3. The number of hydrogen-bond donors (Lipinski definition) is 0. The van der Waals surface area contributed by atoms with Gasteiger partial charge in [0.15, 0.2) is 0 Å². The lowest BCUT2D eigenvalue weighted by Gasteiger charge is -2.13. The number of allylic oxidation sites excluding steroid dienone is 2. The van der Waals surface area contributed by atoms with Crippen molar-refractivity contribution in [3.63, 3.8) is 0 Å². The van der Waals surface area contributed by atoms with Crippen molar-refractivity contribution in [2.45, 2.75) is 13.1 Å². The van der Waals surface area contributed by atoms with E-state index in [4.69, 9.17) is 4.43 Å². The summed E-state index contributed by atoms with van der Waals surface area (Å²) in [4.78, 5) is 0. The van der Waals surface area contributed by atoms with Crippen LogP contribution in [-0.2, 0) is 4.43 Å². The first-order valence-electron chi connectivity index (χ1n) is 2.98. The zero-order valence-electron chi connectivity index (χ0n) is 6.35. The van der Waals surface area contributed by atoms with E-state index in [9.17, 15) is 0 Å². The van der Waals surface area contributed by atoms with Gasteiger partial charge in [-0.3, -0.25) is 0 Å². The summed E-state index contributed by atoms with van der Waals surface area (Å²) in [6.45, 7) is 7.84. The lowest BCUT2D eigenvalue weighted by Crippen LogP contribution is -2.25. The Bertz CT molecular complexity index is 116. The maximum absolute atomic E-state index is 5.24. The van der Waals surface area contributed by atoms with Gasteiger partial charge in [-0.25, -0.2) is 0 Å². The Balaban J connectivity index is 3.84. The molecule has 0 rings (SSSR count). The monoisotopic (exact) mass is 142 g/mol. The highest BCUT2D eigenvalue weighted by molar-refractivity contribution is 6.76. The lowest BCUT2D eigenvalue weighted by atomic mass is 10.6. The van der Waals surface area contributed by atoms with Crippen LogP contribution in [0.2, 0.25) is 13.1 Å². The van der Waals surface area contributed by atoms with E-state index in [0.717, 1.165) is 0 Å². The van der Waals surface area contributed by atoms with Crippen LogP contribution in [-0.4, -0.2) is 15.4 Å². The molecule has 2 heteroatoms. The second-order valence-corrected chi connectivity index (χ2v) is 6.35. The van der Waals surface area contributed by atoms with E-state index in [1.807, 2.05) is 6.08 Å². The van der Waals surface area contributed by atoms with Gasteiger partial charge in [0.25, 0.3) is 0 Å². The van der Waals surface area contributed by atoms with Gasteiger partial charge in [0.05, 0.1) is 0 Å². The van der Waals surface area contributed by atoms with E-state index < -0.39 is 8.32 Å². The molecule has 0 aliphatic heterocycles. The van der Waals surface area contributed by atoms with Gasteiger partial charge < -0.3 is 4.43 Å². The summed E-state index contributed by atoms with van der Waals surface area (Å²) in [5, 5.41) is 0. The fraction of sp³-hybridized carbons (Fsp3) is 0.429. The minimum Gasteiger partial charge on any atom is -0.417 e. The van der Waals surface area contributed by atoms with Crippen LogP contribution in [0.25, 0.3) is 0 Å². The highest BCUT2D eigenvalue weighted by Crippen LogP contribution is 2.02. The second kappa shape index (κ2) is 3.64. The predicted molar refractivity (Wildman–Crippen MR) is 43.8 cm³/mol. The summed E-state index contributed by atoms with van der Waals surface area (Å²) in [7, 11) is 0.300. The van der Waals surface area contributed by atoms with Gasteiger partial charge in [0, 0.05) is 7.11 Å². The maximum atomic E-state index is 5.24. The van der Waals surface area contributed by atoms with Crippen LogP contribution < -0.4 is 0 Å². The minimum absolute atomic E-state index is 1.45. The quantitative estimate of drug-likeness (QED) is 0.433. The third-order valence-corrected chi connectivity index (χ3v) is 3.21. The molecule has 1 nitrogen and oxygen atoms in total. The molecule has 0 saturated carbocycles. The Kier molecular flexibility index (Phi) is 3.50. The normalized spacial score (nSPS) is 12.3. The molecule has 0 spiro atoms. The molecular weight excluding hydrogens is 128 g/mol. The first-order valence-corrected chi connectivity index (χ1v) is 5.96. The van der Waals surface area contributed by atoms with Crippen molar-refractivity contribution >= 4 is 8.32 Å². The van der Waals surface area contributed by atoms with Crippen molar-refractivity contribution in [1.82, 2.24) is 0 Å². The van der Waals surface area contributed by atoms with Gasteiger partial charge in [-0.1, -0.05) is 24.4 Å². The van der Waals surface area contributed by atoms with Crippen LogP contribution in [0.1, 0.15) is 0 Å². The summed E-state index contributed by atoms with van der Waals surface area (Å²) in [6.07, 6.45) is 3.71. The zero-order valence-corrected chi connectivity index (χ0v) is 7.35. The third kappa shape index (κ3) is 4.18. The summed E-state index contributed by atoms with van der Waals surface area (Å²) in [5.74, 6) is 0. The van der Waals surface area contributed by atoms with E-state index in [0.29, 0.717) is 0 Å². The molecule has 0 radical (unpaired) electrons. The molecule has 0 aliphatic carbocycles. The Morgan fingerprint density at radius 1 is 1.44 bits per heavy atom. The summed E-state index contributed by atoms with van der Waals surface area (Å²) in [6, 6.07) is 0. The fourth-order valence-electron chi connectivity index (χ4n) is 0.368. The van der Waals surface area contributed by atoms with Gasteiger partial charge in [-0.05, 0) is 13.1 Å². The first kappa shape index (κ1) is 8.66. The van der Waals surface area contributed by atoms with Crippen molar-refractivity contribution in [2.75, 3.05) is 7.11 Å². The Hall–Kier alpha value is -0.343. The van der Waals surface area contributed by atoms with Crippen molar-refractivity contribution in [1.29, 1.82) is 0 Å². The molecule has 0 heterocycles. The second-order valence-electron chi connectivity index (χ2n) is 2.40. The molecule has 0 aromatic heterocycles. The molecule has 0 saturated heterocycles. The Morgan fingerprint density at radius 2 is 2.00 bits per heavy atom. The number of rotatable bonds is 3. The van der Waals surface area contributed by atoms with Crippen molar-refractivity contribution in [2.24, 2.45) is 0 Å². The molecule has 0 bridgehead atoms. The largest absolute Gasteiger partial charge is 0.417 e. The average molecular weight is 142 g/mol. The van der Waals surface area contributed by atoms with Crippen LogP contribution in [0.3, 0.4) is 0 Å². The maximum Gasteiger partial charge on any atom is 0.210 e. The van der Waals surface area contributed by atoms with Crippen molar-refractivity contribution in [3.8, 4) is 0 Å². The van der Waals surface area contributed by atoms with Crippen LogP contribution in [0.5, 0.6) is 0 Å². The van der Waals surface area contributed by atoms with Gasteiger partial charge in [0.1, 0.15) is 0 Å². The summed E-state index contributed by atoms with van der Waals surface area (Å²) in [5.41, 5.74) is 2.10. The van der Waals surface area contributed by atoms with E-state index in [1.54, 1.807) is 13.2 Å². The van der Waals surface area contributed by atoms with Crippen LogP contribution in [0, 0.1) is 0 Å². The van der Waals surface area contributed by atoms with Crippen molar-refractivity contribution in [3.05, 3.63) is 24.4 Å². The average Bonchev–Trinajstić information content (AvgIpc) is 1.84. The molecule has 0 N–H and O–H groups in total. The van der Waals surface area contributed by atoms with E-state index in [1.165, 1.54) is 0 Å². The molecule has 52 valence electrons. The molecular formula is C7H14OSi. The smallest absolute Gasteiger partial charge is 0.210 e. The minimum atomic E-state index is -1.45. The molecule has 0 aromatic rings. The highest BCUT2D eigenvalue weighted by atomic mass is 28.4. The third-order valence-electron chi connectivity index (χ3n) is 1.16.